The van der Waals surface area contributed by atoms with Crippen molar-refractivity contribution in [1.82, 2.24) is 9.97 Å². The van der Waals surface area contributed by atoms with Crippen molar-refractivity contribution in [3.63, 3.8) is 0 Å². The molecule has 2 heterocycles. The second-order valence-electron chi connectivity index (χ2n) is 6.28. The molecule has 1 atom stereocenters. The van der Waals surface area contributed by atoms with Crippen LogP contribution in [-0.4, -0.2) is 40.3 Å². The van der Waals surface area contributed by atoms with Gasteiger partial charge in [0.2, 0.25) is 0 Å². The highest BCUT2D eigenvalue weighted by Crippen LogP contribution is 2.34. The Labute approximate surface area is 146 Å². The monoisotopic (exact) mass is 351 g/mol. The number of thiophene rings is 1. The summed E-state index contributed by atoms with van der Waals surface area (Å²) in [5.41, 5.74) is 0.819. The molecule has 24 heavy (non-hydrogen) atoms. The Kier molecular flexibility index (Phi) is 6.12. The molecule has 0 aliphatic heterocycles. The second-order valence-corrected chi connectivity index (χ2v) is 7.28. The molecule has 0 saturated heterocycles. The molecule has 0 aromatic carbocycles. The van der Waals surface area contributed by atoms with Gasteiger partial charge < -0.3 is 15.2 Å². The first-order valence-electron chi connectivity index (χ1n) is 8.19. The van der Waals surface area contributed by atoms with E-state index in [9.17, 15) is 9.90 Å². The molecule has 7 heteroatoms. The van der Waals surface area contributed by atoms with Crippen LogP contribution in [0.1, 0.15) is 48.3 Å². The molecule has 132 valence electrons. The molecule has 0 aliphatic carbocycles. The van der Waals surface area contributed by atoms with E-state index in [4.69, 9.17) is 4.74 Å². The van der Waals surface area contributed by atoms with E-state index in [-0.39, 0.29) is 24.5 Å². The van der Waals surface area contributed by atoms with E-state index in [0.29, 0.717) is 23.1 Å². The fourth-order valence-electron chi connectivity index (χ4n) is 2.32. The van der Waals surface area contributed by atoms with Crippen LogP contribution in [-0.2, 0) is 4.74 Å². The van der Waals surface area contributed by atoms with Gasteiger partial charge in [0, 0.05) is 0 Å². The van der Waals surface area contributed by atoms with Crippen LogP contribution in [0.4, 0.5) is 5.82 Å². The van der Waals surface area contributed by atoms with Crippen LogP contribution < -0.4 is 5.32 Å². The summed E-state index contributed by atoms with van der Waals surface area (Å²) in [4.78, 5) is 22.6. The molecule has 0 radical (unpaired) electrons. The lowest BCUT2D eigenvalue weighted by atomic mass is 10.1. The molecule has 6 nitrogen and oxygen atoms in total. The van der Waals surface area contributed by atoms with Crippen molar-refractivity contribution in [3.05, 3.63) is 16.3 Å². The summed E-state index contributed by atoms with van der Waals surface area (Å²) in [6.45, 7) is 10.1. The fourth-order valence-corrected chi connectivity index (χ4v) is 3.44. The van der Waals surface area contributed by atoms with Crippen molar-refractivity contribution in [1.29, 1.82) is 0 Å². The van der Waals surface area contributed by atoms with Gasteiger partial charge in [-0.15, -0.1) is 11.3 Å². The van der Waals surface area contributed by atoms with E-state index in [1.807, 2.05) is 34.6 Å². The first-order valence-corrected chi connectivity index (χ1v) is 9.01. The van der Waals surface area contributed by atoms with E-state index >= 15 is 0 Å². The first kappa shape index (κ1) is 18.6. The fraction of sp³-hybridized carbons (Fsp3) is 0.588. The molecule has 2 rings (SSSR count). The number of ether oxygens (including phenoxy) is 1. The Morgan fingerprint density at radius 2 is 2.04 bits per heavy atom. The number of hydrogen-bond acceptors (Lipinski definition) is 7. The number of rotatable bonds is 7. The van der Waals surface area contributed by atoms with Gasteiger partial charge in [-0.1, -0.05) is 20.8 Å². The van der Waals surface area contributed by atoms with E-state index in [1.165, 1.54) is 11.3 Å². The number of aliphatic hydroxyl groups excluding tert-OH is 1. The van der Waals surface area contributed by atoms with Crippen LogP contribution in [0, 0.1) is 19.8 Å². The normalized spacial score (nSPS) is 12.6. The van der Waals surface area contributed by atoms with Crippen molar-refractivity contribution >= 4 is 33.3 Å². The number of carbonyl (C=O) groups is 1. The van der Waals surface area contributed by atoms with Gasteiger partial charge in [0.15, 0.2) is 0 Å². The van der Waals surface area contributed by atoms with E-state index in [0.717, 1.165) is 22.2 Å². The summed E-state index contributed by atoms with van der Waals surface area (Å²) in [5.74, 6) is 1.26. The van der Waals surface area contributed by atoms with Gasteiger partial charge in [-0.2, -0.15) is 0 Å². The number of fused-ring (bicyclic) bond motifs is 1. The molecule has 0 bridgehead atoms. The Balaban J connectivity index is 2.44. The number of anilines is 1. The summed E-state index contributed by atoms with van der Waals surface area (Å²) in [6, 6.07) is -0.0851. The van der Waals surface area contributed by atoms with E-state index in [2.05, 4.69) is 15.3 Å². The number of nitrogens with one attached hydrogen (secondary N) is 1. The standard InChI is InChI=1S/C17H25N3O3S/c1-6-12(7-21)20-15-13-10(4)14(17(22)23-8-9(2)3)24-16(13)19-11(5)18-15/h9,12,21H,6-8H2,1-5H3,(H,18,19,20). The van der Waals surface area contributed by atoms with Gasteiger partial charge in [0.05, 0.1) is 24.6 Å². The maximum absolute atomic E-state index is 12.3. The molecule has 0 amide bonds. The molecular weight excluding hydrogens is 326 g/mol. The Hall–Kier alpha value is -1.73. The number of hydrogen-bond donors (Lipinski definition) is 2. The minimum Gasteiger partial charge on any atom is -0.461 e. The highest BCUT2D eigenvalue weighted by molar-refractivity contribution is 7.20. The average Bonchev–Trinajstić information content (AvgIpc) is 2.86. The van der Waals surface area contributed by atoms with Gasteiger partial charge in [-0.25, -0.2) is 14.8 Å². The second kappa shape index (κ2) is 7.90. The van der Waals surface area contributed by atoms with Crippen molar-refractivity contribution in [2.24, 2.45) is 5.92 Å². The SMILES string of the molecule is CCC(CO)Nc1nc(C)nc2sc(C(=O)OCC(C)C)c(C)c12. The molecule has 0 aliphatic rings. The van der Waals surface area contributed by atoms with Crippen LogP contribution in [0.25, 0.3) is 10.2 Å². The Morgan fingerprint density at radius 1 is 1.33 bits per heavy atom. The third-order valence-electron chi connectivity index (χ3n) is 3.69. The highest BCUT2D eigenvalue weighted by Gasteiger charge is 2.22. The third-order valence-corrected chi connectivity index (χ3v) is 4.85. The smallest absolute Gasteiger partial charge is 0.348 e. The summed E-state index contributed by atoms with van der Waals surface area (Å²) < 4.78 is 5.36. The maximum atomic E-state index is 12.3. The molecule has 0 spiro atoms. The quantitative estimate of drug-likeness (QED) is 0.745. The zero-order valence-corrected chi connectivity index (χ0v) is 15.7. The van der Waals surface area contributed by atoms with Crippen LogP contribution in [0.15, 0.2) is 0 Å². The topological polar surface area (TPSA) is 84.3 Å². The van der Waals surface area contributed by atoms with E-state index < -0.39 is 0 Å². The van der Waals surface area contributed by atoms with Crippen LogP contribution >= 0.6 is 11.3 Å². The molecule has 2 N–H and O–H groups in total. The summed E-state index contributed by atoms with van der Waals surface area (Å²) in [7, 11) is 0. The average molecular weight is 351 g/mol. The zero-order valence-electron chi connectivity index (χ0n) is 14.8. The summed E-state index contributed by atoms with van der Waals surface area (Å²) in [5, 5.41) is 13.5. The Morgan fingerprint density at radius 3 is 2.62 bits per heavy atom. The molecule has 2 aromatic heterocycles. The number of nitrogens with zero attached hydrogens (tertiary/aromatic N) is 2. The number of carbonyl (C=O) groups excluding carboxylic acids is 1. The van der Waals surface area contributed by atoms with Gasteiger partial charge in [0.25, 0.3) is 0 Å². The lowest BCUT2D eigenvalue weighted by molar-refractivity contribution is 0.0464. The minimum atomic E-state index is -0.318. The van der Waals surface area contributed by atoms with Crippen LogP contribution in [0.5, 0.6) is 0 Å². The highest BCUT2D eigenvalue weighted by atomic mass is 32.1. The molecule has 2 aromatic rings. The lowest BCUT2D eigenvalue weighted by Crippen LogP contribution is -2.23. The van der Waals surface area contributed by atoms with Crippen molar-refractivity contribution < 1.29 is 14.6 Å². The number of esters is 1. The van der Waals surface area contributed by atoms with Gasteiger partial charge in [-0.05, 0) is 31.7 Å². The largest absolute Gasteiger partial charge is 0.461 e. The van der Waals surface area contributed by atoms with Crippen molar-refractivity contribution in [2.45, 2.75) is 47.1 Å². The van der Waals surface area contributed by atoms with Crippen LogP contribution in [0.3, 0.4) is 0 Å². The van der Waals surface area contributed by atoms with Crippen LogP contribution in [0.2, 0.25) is 0 Å². The third kappa shape index (κ3) is 4.02. The molecule has 1 unspecified atom stereocenters. The molecular formula is C17H25N3O3S. The number of aryl methyl sites for hydroxylation is 2. The zero-order chi connectivity index (χ0) is 17.9. The predicted octanol–water partition coefficient (Wildman–Crippen LogP) is 3.30. The summed E-state index contributed by atoms with van der Waals surface area (Å²) in [6.07, 6.45) is 0.771. The maximum Gasteiger partial charge on any atom is 0.348 e. The summed E-state index contributed by atoms with van der Waals surface area (Å²) >= 11 is 1.33. The lowest BCUT2D eigenvalue weighted by Gasteiger charge is -2.16. The van der Waals surface area contributed by atoms with Gasteiger partial charge >= 0.3 is 5.97 Å². The molecule has 0 saturated carbocycles. The van der Waals surface area contributed by atoms with E-state index in [1.54, 1.807) is 0 Å². The van der Waals surface area contributed by atoms with Crippen molar-refractivity contribution in [2.75, 3.05) is 18.5 Å². The number of aromatic nitrogens is 2. The predicted molar refractivity (Wildman–Crippen MR) is 96.8 cm³/mol. The Bertz CT molecular complexity index is 723. The number of aliphatic hydroxyl groups is 1. The van der Waals surface area contributed by atoms with Crippen molar-refractivity contribution in [3.8, 4) is 0 Å². The van der Waals surface area contributed by atoms with Gasteiger partial charge in [0.1, 0.15) is 21.3 Å². The first-order chi connectivity index (χ1) is 11.4. The molecule has 0 fully saturated rings. The van der Waals surface area contributed by atoms with Gasteiger partial charge in [-0.3, -0.25) is 0 Å². The minimum absolute atomic E-state index is 0.0213.